The first-order valence-corrected chi connectivity index (χ1v) is 6.68. The van der Waals surface area contributed by atoms with Gasteiger partial charge in [-0.1, -0.05) is 6.07 Å². The Hall–Kier alpha value is -1.39. The molecule has 4 heteroatoms. The molecule has 2 N–H and O–H groups in total. The average molecular weight is 262 g/mol. The largest absolute Gasteiger partial charge is 0.496 e. The molecule has 0 aliphatic carbocycles. The molecule has 1 heterocycles. The highest BCUT2D eigenvalue weighted by atomic mass is 16.5. The van der Waals surface area contributed by atoms with Gasteiger partial charge in [-0.05, 0) is 37.6 Å². The number of hydrogen-bond donors (Lipinski definition) is 2. The topological polar surface area (TPSA) is 53.9 Å². The van der Waals surface area contributed by atoms with Crippen molar-refractivity contribution in [3.8, 4) is 5.75 Å². The van der Waals surface area contributed by atoms with Crippen molar-refractivity contribution < 1.29 is 9.84 Å². The lowest BCUT2D eigenvalue weighted by Crippen LogP contribution is -2.39. The first-order chi connectivity index (χ1) is 9.17. The van der Waals surface area contributed by atoms with Crippen molar-refractivity contribution in [1.29, 1.82) is 0 Å². The third-order valence-electron chi connectivity index (χ3n) is 3.83. The van der Waals surface area contributed by atoms with Crippen LogP contribution in [0, 0.1) is 0 Å². The van der Waals surface area contributed by atoms with E-state index in [1.165, 1.54) is 0 Å². The fraction of sp³-hybridized carbons (Fsp3) is 0.533. The number of rotatable bonds is 3. The summed E-state index contributed by atoms with van der Waals surface area (Å²) in [4.78, 5) is 4.20. The highest BCUT2D eigenvalue weighted by Crippen LogP contribution is 2.30. The van der Waals surface area contributed by atoms with Crippen LogP contribution in [0.2, 0.25) is 0 Å². The number of nitrogens with zero attached hydrogens (tertiary/aromatic N) is 1. The van der Waals surface area contributed by atoms with Crippen LogP contribution in [0.1, 0.15) is 30.4 Å². The van der Waals surface area contributed by atoms with Gasteiger partial charge in [-0.25, -0.2) is 0 Å². The lowest BCUT2D eigenvalue weighted by atomic mass is 9.87. The molecule has 2 rings (SSSR count). The predicted molar refractivity (Wildman–Crippen MR) is 77.4 cm³/mol. The lowest BCUT2D eigenvalue weighted by Gasteiger charge is -2.29. The quantitative estimate of drug-likeness (QED) is 0.813. The van der Waals surface area contributed by atoms with E-state index < -0.39 is 0 Å². The molecule has 4 nitrogen and oxygen atoms in total. The summed E-state index contributed by atoms with van der Waals surface area (Å²) in [7, 11) is 3.45. The molecule has 0 bridgehead atoms. The number of β-amino-alcohol motifs (C(OH)–C–C–N with tert-alkyl or cyclic N) is 1. The number of nitrogens with one attached hydrogen (secondary N) is 1. The summed E-state index contributed by atoms with van der Waals surface area (Å²) >= 11 is 0. The maximum Gasteiger partial charge on any atom is 0.128 e. The van der Waals surface area contributed by atoms with Gasteiger partial charge in [0.25, 0.3) is 0 Å². The number of aliphatic hydroxyl groups is 1. The van der Waals surface area contributed by atoms with Crippen molar-refractivity contribution >= 4 is 5.71 Å². The average Bonchev–Trinajstić information content (AvgIpc) is 2.46. The molecule has 1 aromatic carbocycles. The summed E-state index contributed by atoms with van der Waals surface area (Å²) < 4.78 is 5.46. The van der Waals surface area contributed by atoms with Crippen LogP contribution in [0.15, 0.2) is 23.2 Å². The zero-order valence-electron chi connectivity index (χ0n) is 11.8. The molecule has 19 heavy (non-hydrogen) atoms. The van der Waals surface area contributed by atoms with Crippen LogP contribution in [-0.2, 0) is 0 Å². The van der Waals surface area contributed by atoms with Gasteiger partial charge in [0.15, 0.2) is 0 Å². The van der Waals surface area contributed by atoms with Gasteiger partial charge in [-0.15, -0.1) is 0 Å². The molecule has 0 radical (unpaired) electrons. The fourth-order valence-electron chi connectivity index (χ4n) is 2.59. The summed E-state index contributed by atoms with van der Waals surface area (Å²) in [5, 5.41) is 13.3. The molecule has 1 fully saturated rings. The number of benzene rings is 1. The molecule has 2 unspecified atom stereocenters. The minimum absolute atomic E-state index is 0.183. The molecule has 1 aliphatic heterocycles. The highest BCUT2D eigenvalue weighted by Gasteiger charge is 2.25. The van der Waals surface area contributed by atoms with Gasteiger partial charge in [0.2, 0.25) is 0 Å². The molecule has 1 saturated heterocycles. The van der Waals surface area contributed by atoms with Crippen LogP contribution >= 0.6 is 0 Å². The predicted octanol–water partition coefficient (Wildman–Crippen LogP) is 1.57. The SMILES string of the molecule is CN=C(C)c1ccc(C2CCNCC2O)cc1OC. The zero-order chi connectivity index (χ0) is 13.8. The van der Waals surface area contributed by atoms with Gasteiger partial charge in [-0.2, -0.15) is 0 Å². The van der Waals surface area contributed by atoms with E-state index in [0.29, 0.717) is 6.54 Å². The number of ether oxygens (including phenoxy) is 1. The third-order valence-corrected chi connectivity index (χ3v) is 3.83. The molecular formula is C15H22N2O2. The molecule has 2 atom stereocenters. The van der Waals surface area contributed by atoms with Gasteiger partial charge < -0.3 is 15.2 Å². The Balaban J connectivity index is 2.33. The van der Waals surface area contributed by atoms with E-state index in [9.17, 15) is 5.11 Å². The number of aliphatic imine (C=N–C) groups is 1. The molecule has 1 aliphatic rings. The van der Waals surface area contributed by atoms with E-state index in [0.717, 1.165) is 35.6 Å². The van der Waals surface area contributed by atoms with Crippen molar-refractivity contribution in [1.82, 2.24) is 5.32 Å². The van der Waals surface area contributed by atoms with E-state index in [-0.39, 0.29) is 12.0 Å². The molecule has 0 amide bonds. The minimum atomic E-state index is -0.328. The normalized spacial score (nSPS) is 24.3. The van der Waals surface area contributed by atoms with E-state index in [4.69, 9.17) is 4.74 Å². The Morgan fingerprint density at radius 3 is 2.89 bits per heavy atom. The van der Waals surface area contributed by atoms with Crippen LogP contribution in [0.3, 0.4) is 0 Å². The van der Waals surface area contributed by atoms with Gasteiger partial charge in [0.1, 0.15) is 5.75 Å². The Morgan fingerprint density at radius 2 is 2.26 bits per heavy atom. The van der Waals surface area contributed by atoms with Crippen LogP contribution in [0.5, 0.6) is 5.75 Å². The maximum atomic E-state index is 10.1. The van der Waals surface area contributed by atoms with Crippen molar-refractivity contribution in [2.75, 3.05) is 27.2 Å². The molecular weight excluding hydrogens is 240 g/mol. The second-order valence-corrected chi connectivity index (χ2v) is 4.94. The summed E-state index contributed by atoms with van der Waals surface area (Å²) in [6.07, 6.45) is 0.620. The molecule has 104 valence electrons. The van der Waals surface area contributed by atoms with Crippen molar-refractivity contribution in [3.05, 3.63) is 29.3 Å². The third kappa shape index (κ3) is 2.96. The summed E-state index contributed by atoms with van der Waals surface area (Å²) in [6.45, 7) is 3.57. The fourth-order valence-corrected chi connectivity index (χ4v) is 2.59. The second-order valence-electron chi connectivity index (χ2n) is 4.94. The Morgan fingerprint density at radius 1 is 1.47 bits per heavy atom. The monoisotopic (exact) mass is 262 g/mol. The van der Waals surface area contributed by atoms with Crippen LogP contribution in [0.4, 0.5) is 0 Å². The van der Waals surface area contributed by atoms with E-state index >= 15 is 0 Å². The Labute approximate surface area is 114 Å². The van der Waals surface area contributed by atoms with E-state index in [2.05, 4.69) is 16.4 Å². The summed E-state index contributed by atoms with van der Waals surface area (Å²) in [5.74, 6) is 1.01. The molecule has 1 aromatic rings. The number of aliphatic hydroxyl groups excluding tert-OH is 1. The molecule has 0 spiro atoms. The van der Waals surface area contributed by atoms with Gasteiger partial charge in [0, 0.05) is 30.8 Å². The Kier molecular flexibility index (Phi) is 4.56. The number of hydrogen-bond acceptors (Lipinski definition) is 4. The summed E-state index contributed by atoms with van der Waals surface area (Å²) in [5.41, 5.74) is 3.10. The van der Waals surface area contributed by atoms with E-state index in [1.54, 1.807) is 14.2 Å². The first-order valence-electron chi connectivity index (χ1n) is 6.68. The van der Waals surface area contributed by atoms with Crippen LogP contribution in [-0.4, -0.2) is 44.2 Å². The highest BCUT2D eigenvalue weighted by molar-refractivity contribution is 6.01. The van der Waals surface area contributed by atoms with Gasteiger partial charge in [-0.3, -0.25) is 4.99 Å². The minimum Gasteiger partial charge on any atom is -0.496 e. The molecule has 0 aromatic heterocycles. The lowest BCUT2D eigenvalue weighted by molar-refractivity contribution is 0.118. The van der Waals surface area contributed by atoms with E-state index in [1.807, 2.05) is 19.1 Å². The second kappa shape index (κ2) is 6.17. The van der Waals surface area contributed by atoms with Crippen LogP contribution in [0.25, 0.3) is 0 Å². The smallest absolute Gasteiger partial charge is 0.128 e. The maximum absolute atomic E-state index is 10.1. The summed E-state index contributed by atoms with van der Waals surface area (Å²) in [6, 6.07) is 6.14. The van der Waals surface area contributed by atoms with Crippen molar-refractivity contribution in [3.63, 3.8) is 0 Å². The number of methoxy groups -OCH3 is 1. The molecule has 0 saturated carbocycles. The number of piperidine rings is 1. The van der Waals surface area contributed by atoms with Crippen molar-refractivity contribution in [2.45, 2.75) is 25.4 Å². The van der Waals surface area contributed by atoms with Gasteiger partial charge in [0.05, 0.1) is 13.2 Å². The first kappa shape index (κ1) is 14.0. The Bertz CT molecular complexity index is 471. The van der Waals surface area contributed by atoms with Crippen molar-refractivity contribution in [2.24, 2.45) is 4.99 Å². The van der Waals surface area contributed by atoms with Crippen LogP contribution < -0.4 is 10.1 Å². The van der Waals surface area contributed by atoms with Gasteiger partial charge >= 0.3 is 0 Å². The standard InChI is InChI=1S/C15H22N2O2/c1-10(16-2)12-5-4-11(8-15(12)19-3)13-6-7-17-9-14(13)18/h4-5,8,13-14,17-18H,6-7,9H2,1-3H3. The zero-order valence-corrected chi connectivity index (χ0v) is 11.8.